The zero-order chi connectivity index (χ0) is 23.2. The third-order valence-electron chi connectivity index (χ3n) is 5.33. The van der Waals surface area contributed by atoms with Crippen LogP contribution in [-0.4, -0.2) is 43.9 Å². The Bertz CT molecular complexity index is 1220. The van der Waals surface area contributed by atoms with E-state index in [4.69, 9.17) is 33.7 Å². The van der Waals surface area contributed by atoms with Crippen LogP contribution in [0.4, 0.5) is 0 Å². The molecule has 1 aliphatic heterocycles. The van der Waals surface area contributed by atoms with Gasteiger partial charge in [-0.05, 0) is 53.1 Å². The van der Waals surface area contributed by atoms with Gasteiger partial charge in [0.1, 0.15) is 6.54 Å². The highest BCUT2D eigenvalue weighted by Gasteiger charge is 2.37. The number of fused-ring (bicyclic) bond motifs is 3. The second-order valence-electron chi connectivity index (χ2n) is 8.58. The standard InChI is InChI=1S/C22H22ClN3O5S/c1-22(2,9-17(27)24-10-18(28)29)11-25-19(30)20-26(21(25)32)15-7-13(8-16(15)31-20)12-3-5-14(23)6-4-12/h3-8,16,30H,9-11H2,1-2H3,(H,24,27)(H,28,29). The summed E-state index contributed by atoms with van der Waals surface area (Å²) in [5.41, 5.74) is 2.17. The van der Waals surface area contributed by atoms with E-state index in [-0.39, 0.29) is 36.7 Å². The maximum atomic E-state index is 12.1. The fraction of sp³-hybridized carbons (Fsp3) is 0.318. The molecule has 2 heterocycles. The number of halogens is 1. The number of hydrogen-bond acceptors (Lipinski definition) is 5. The number of carboxylic acid groups (broad SMARTS) is 1. The summed E-state index contributed by atoms with van der Waals surface area (Å²) in [6.07, 6.45) is 3.64. The van der Waals surface area contributed by atoms with E-state index in [9.17, 15) is 14.7 Å². The number of imidazole rings is 1. The molecule has 4 rings (SSSR count). The van der Waals surface area contributed by atoms with E-state index in [1.807, 2.05) is 50.3 Å². The van der Waals surface area contributed by atoms with Crippen LogP contribution >= 0.6 is 23.8 Å². The van der Waals surface area contributed by atoms with Crippen molar-refractivity contribution in [2.45, 2.75) is 32.9 Å². The van der Waals surface area contributed by atoms with Crippen molar-refractivity contribution in [1.82, 2.24) is 14.5 Å². The lowest BCUT2D eigenvalue weighted by molar-refractivity contribution is -0.138. The van der Waals surface area contributed by atoms with Crippen LogP contribution in [0.15, 0.2) is 36.4 Å². The first-order valence-corrected chi connectivity index (χ1v) is 10.7. The van der Waals surface area contributed by atoms with Crippen molar-refractivity contribution in [2.24, 2.45) is 5.41 Å². The van der Waals surface area contributed by atoms with Crippen molar-refractivity contribution in [3.05, 3.63) is 51.8 Å². The van der Waals surface area contributed by atoms with Crippen LogP contribution in [0.2, 0.25) is 5.02 Å². The average molecular weight is 476 g/mol. The van der Waals surface area contributed by atoms with Gasteiger partial charge in [0.2, 0.25) is 5.91 Å². The number of nitrogens with one attached hydrogen (secondary N) is 1. The van der Waals surface area contributed by atoms with Crippen LogP contribution in [0.1, 0.15) is 25.8 Å². The molecule has 0 fully saturated rings. The Labute approximate surface area is 194 Å². The van der Waals surface area contributed by atoms with E-state index in [1.165, 1.54) is 4.57 Å². The average Bonchev–Trinajstić information content (AvgIpc) is 3.33. The summed E-state index contributed by atoms with van der Waals surface area (Å²) < 4.78 is 9.56. The highest BCUT2D eigenvalue weighted by atomic mass is 35.5. The normalized spacial score (nSPS) is 16.7. The van der Waals surface area contributed by atoms with Gasteiger partial charge in [-0.2, -0.15) is 0 Å². The molecule has 0 saturated heterocycles. The lowest BCUT2D eigenvalue weighted by atomic mass is 9.89. The first kappa shape index (κ1) is 22.2. The Morgan fingerprint density at radius 2 is 1.97 bits per heavy atom. The van der Waals surface area contributed by atoms with Gasteiger partial charge < -0.3 is 20.3 Å². The van der Waals surface area contributed by atoms with Crippen molar-refractivity contribution < 1.29 is 24.5 Å². The second kappa shape index (κ2) is 8.14. The van der Waals surface area contributed by atoms with Gasteiger partial charge in [0.25, 0.3) is 11.8 Å². The first-order chi connectivity index (χ1) is 15.1. The lowest BCUT2D eigenvalue weighted by Gasteiger charge is -2.24. The van der Waals surface area contributed by atoms with Crippen LogP contribution in [0, 0.1) is 10.2 Å². The molecule has 1 aliphatic carbocycles. The Morgan fingerprint density at radius 3 is 2.62 bits per heavy atom. The maximum absolute atomic E-state index is 12.1. The lowest BCUT2D eigenvalue weighted by Crippen LogP contribution is -2.34. The Balaban J connectivity index is 1.56. The first-order valence-electron chi connectivity index (χ1n) is 9.95. The van der Waals surface area contributed by atoms with E-state index < -0.39 is 17.9 Å². The number of hydrogen-bond donors (Lipinski definition) is 3. The number of nitrogens with zero attached hydrogens (tertiary/aromatic N) is 2. The van der Waals surface area contributed by atoms with E-state index >= 15 is 0 Å². The third kappa shape index (κ3) is 4.18. The number of ether oxygens (including phenoxy) is 1. The van der Waals surface area contributed by atoms with Crippen LogP contribution in [0.3, 0.4) is 0 Å². The molecule has 8 nitrogen and oxygen atoms in total. The van der Waals surface area contributed by atoms with Gasteiger partial charge in [-0.25, -0.2) is 0 Å². The number of allylic oxidation sites excluding steroid dienone is 2. The minimum absolute atomic E-state index is 0.0659. The van der Waals surface area contributed by atoms with Gasteiger partial charge >= 0.3 is 5.97 Å². The van der Waals surface area contributed by atoms with Crippen LogP contribution in [0.25, 0.3) is 11.3 Å². The molecule has 0 saturated carbocycles. The highest BCUT2D eigenvalue weighted by Crippen LogP contribution is 2.45. The van der Waals surface area contributed by atoms with Crippen LogP contribution < -0.4 is 10.1 Å². The molecular formula is C22H22ClN3O5S. The third-order valence-corrected chi connectivity index (χ3v) is 5.99. The summed E-state index contributed by atoms with van der Waals surface area (Å²) in [6, 6.07) is 7.48. The highest BCUT2D eigenvalue weighted by molar-refractivity contribution is 7.71. The number of carbonyl (C=O) groups is 2. The molecule has 1 unspecified atom stereocenters. The van der Waals surface area contributed by atoms with Gasteiger partial charge in [-0.15, -0.1) is 0 Å². The van der Waals surface area contributed by atoms with Gasteiger partial charge in [0, 0.05) is 18.0 Å². The zero-order valence-electron chi connectivity index (χ0n) is 17.5. The van der Waals surface area contributed by atoms with Gasteiger partial charge in [0.15, 0.2) is 10.9 Å². The van der Waals surface area contributed by atoms with E-state index in [1.54, 1.807) is 4.57 Å². The SMILES string of the molecule is CC(C)(CC(=O)NCC(=O)O)Cn1c(O)c2n(c1=S)C1=CC(c3ccc(Cl)cc3)=CC1O2. The van der Waals surface area contributed by atoms with Crippen molar-refractivity contribution in [1.29, 1.82) is 0 Å². The Morgan fingerprint density at radius 1 is 1.28 bits per heavy atom. The molecule has 10 heteroatoms. The van der Waals surface area contributed by atoms with E-state index in [0.717, 1.165) is 16.8 Å². The number of rotatable bonds is 7. The number of carbonyl (C=O) groups excluding carboxylic acids is 1. The molecular weight excluding hydrogens is 454 g/mol. The number of aliphatic carboxylic acids is 1. The molecule has 2 aliphatic rings. The summed E-state index contributed by atoms with van der Waals surface area (Å²) in [7, 11) is 0. The minimum atomic E-state index is -1.11. The number of carboxylic acids is 1. The molecule has 32 heavy (non-hydrogen) atoms. The van der Waals surface area contributed by atoms with Crippen molar-refractivity contribution in [2.75, 3.05) is 6.54 Å². The fourth-order valence-electron chi connectivity index (χ4n) is 3.91. The molecule has 1 aromatic carbocycles. The quantitative estimate of drug-likeness (QED) is 0.527. The maximum Gasteiger partial charge on any atom is 0.322 e. The molecule has 1 amide bonds. The van der Waals surface area contributed by atoms with E-state index in [0.29, 0.717) is 9.79 Å². The number of aromatic nitrogens is 2. The van der Waals surface area contributed by atoms with Crippen molar-refractivity contribution in [3.63, 3.8) is 0 Å². The zero-order valence-corrected chi connectivity index (χ0v) is 19.0. The minimum Gasteiger partial charge on any atom is -0.491 e. The van der Waals surface area contributed by atoms with Crippen LogP contribution in [-0.2, 0) is 16.1 Å². The fourth-order valence-corrected chi connectivity index (χ4v) is 4.38. The number of aromatic hydroxyl groups is 1. The summed E-state index contributed by atoms with van der Waals surface area (Å²) >= 11 is 11.6. The molecule has 2 aromatic rings. The van der Waals surface area contributed by atoms with Crippen molar-refractivity contribution in [3.8, 4) is 11.8 Å². The largest absolute Gasteiger partial charge is 0.491 e. The number of amides is 1. The molecule has 168 valence electrons. The summed E-state index contributed by atoms with van der Waals surface area (Å²) in [5.74, 6) is -1.33. The molecule has 0 bridgehead atoms. The molecule has 1 atom stereocenters. The second-order valence-corrected chi connectivity index (χ2v) is 9.38. The Kier molecular flexibility index (Phi) is 5.64. The monoisotopic (exact) mass is 475 g/mol. The smallest absolute Gasteiger partial charge is 0.322 e. The topological polar surface area (TPSA) is 106 Å². The molecule has 1 aromatic heterocycles. The predicted molar refractivity (Wildman–Crippen MR) is 122 cm³/mol. The predicted octanol–water partition coefficient (Wildman–Crippen LogP) is 3.69. The Hall–Kier alpha value is -3.04. The van der Waals surface area contributed by atoms with Gasteiger partial charge in [-0.1, -0.05) is 37.6 Å². The van der Waals surface area contributed by atoms with Gasteiger partial charge in [0.05, 0.1) is 5.70 Å². The van der Waals surface area contributed by atoms with E-state index in [2.05, 4.69) is 5.32 Å². The van der Waals surface area contributed by atoms with Crippen molar-refractivity contribution >= 4 is 47.0 Å². The van der Waals surface area contributed by atoms with Gasteiger partial charge in [-0.3, -0.25) is 18.7 Å². The summed E-state index contributed by atoms with van der Waals surface area (Å²) in [6.45, 7) is 3.50. The summed E-state index contributed by atoms with van der Waals surface area (Å²) in [4.78, 5) is 22.7. The molecule has 0 radical (unpaired) electrons. The molecule has 3 N–H and O–H groups in total. The van der Waals surface area contributed by atoms with Crippen LogP contribution in [0.5, 0.6) is 11.8 Å². The molecule has 0 spiro atoms. The summed E-state index contributed by atoms with van der Waals surface area (Å²) in [5, 5.41) is 22.5. The number of benzene rings is 1.